The van der Waals surface area contributed by atoms with E-state index in [0.717, 1.165) is 37.3 Å². The number of carboxylic acid groups (broad SMARTS) is 1. The van der Waals surface area contributed by atoms with Gasteiger partial charge in [0.05, 0.1) is 12.5 Å². The summed E-state index contributed by atoms with van der Waals surface area (Å²) in [6.07, 6.45) is 2.65. The summed E-state index contributed by atoms with van der Waals surface area (Å²) in [5, 5.41) is 12.1. The van der Waals surface area contributed by atoms with Gasteiger partial charge in [-0.15, -0.1) is 0 Å². The average Bonchev–Trinajstić information content (AvgIpc) is 2.72. The van der Waals surface area contributed by atoms with Gasteiger partial charge >= 0.3 is 5.97 Å². The standard InChI is InChI=1S/C14H23NO3/c1-10(14(16)17)5-4-6-11(2)15-9-13-8-7-12(3)18-13/h7-8,10-11,15H,4-6,9H2,1-3H3,(H,16,17). The van der Waals surface area contributed by atoms with Gasteiger partial charge in [-0.3, -0.25) is 4.79 Å². The van der Waals surface area contributed by atoms with Gasteiger partial charge in [0, 0.05) is 6.04 Å². The van der Waals surface area contributed by atoms with E-state index in [2.05, 4.69) is 12.2 Å². The zero-order valence-electron chi connectivity index (χ0n) is 11.4. The third-order valence-electron chi connectivity index (χ3n) is 3.12. The van der Waals surface area contributed by atoms with E-state index in [-0.39, 0.29) is 5.92 Å². The van der Waals surface area contributed by atoms with Crippen LogP contribution < -0.4 is 5.32 Å². The van der Waals surface area contributed by atoms with Crippen LogP contribution in [0.15, 0.2) is 16.5 Å². The first-order valence-corrected chi connectivity index (χ1v) is 6.50. The Bertz CT molecular complexity index is 373. The van der Waals surface area contributed by atoms with Crippen LogP contribution in [0.2, 0.25) is 0 Å². The molecule has 0 aliphatic rings. The average molecular weight is 253 g/mol. The highest BCUT2D eigenvalue weighted by molar-refractivity contribution is 5.69. The predicted octanol–water partition coefficient (Wildman–Crippen LogP) is 2.96. The van der Waals surface area contributed by atoms with Crippen LogP contribution in [0.1, 0.15) is 44.6 Å². The van der Waals surface area contributed by atoms with Crippen LogP contribution in [-0.2, 0) is 11.3 Å². The second-order valence-corrected chi connectivity index (χ2v) is 4.96. The zero-order valence-corrected chi connectivity index (χ0v) is 11.4. The maximum atomic E-state index is 10.7. The van der Waals surface area contributed by atoms with Crippen molar-refractivity contribution in [1.29, 1.82) is 0 Å². The molecule has 1 heterocycles. The summed E-state index contributed by atoms with van der Waals surface area (Å²) < 4.78 is 5.47. The molecule has 0 saturated heterocycles. The summed E-state index contributed by atoms with van der Waals surface area (Å²) in [4.78, 5) is 10.7. The lowest BCUT2D eigenvalue weighted by Crippen LogP contribution is -2.25. The molecule has 1 rings (SSSR count). The molecule has 4 heteroatoms. The van der Waals surface area contributed by atoms with Gasteiger partial charge in [0.25, 0.3) is 0 Å². The summed E-state index contributed by atoms with van der Waals surface area (Å²) in [5.41, 5.74) is 0. The Labute approximate surface area is 108 Å². The topological polar surface area (TPSA) is 62.5 Å². The monoisotopic (exact) mass is 253 g/mol. The highest BCUT2D eigenvalue weighted by Crippen LogP contribution is 2.11. The number of furan rings is 1. The molecule has 2 atom stereocenters. The van der Waals surface area contributed by atoms with Gasteiger partial charge in [-0.05, 0) is 38.8 Å². The van der Waals surface area contributed by atoms with Gasteiger partial charge < -0.3 is 14.8 Å². The predicted molar refractivity (Wildman–Crippen MR) is 70.4 cm³/mol. The van der Waals surface area contributed by atoms with Crippen LogP contribution >= 0.6 is 0 Å². The number of aryl methyl sites for hydroxylation is 1. The molecule has 0 aliphatic heterocycles. The molecule has 18 heavy (non-hydrogen) atoms. The van der Waals surface area contributed by atoms with Gasteiger partial charge in [-0.2, -0.15) is 0 Å². The minimum atomic E-state index is -0.707. The highest BCUT2D eigenvalue weighted by atomic mass is 16.4. The van der Waals surface area contributed by atoms with Gasteiger partial charge in [-0.1, -0.05) is 13.3 Å². The van der Waals surface area contributed by atoms with E-state index in [1.165, 1.54) is 0 Å². The Hall–Kier alpha value is -1.29. The lowest BCUT2D eigenvalue weighted by Gasteiger charge is -2.13. The molecule has 4 nitrogen and oxygen atoms in total. The fraction of sp³-hybridized carbons (Fsp3) is 0.643. The number of hydrogen-bond acceptors (Lipinski definition) is 3. The van der Waals surface area contributed by atoms with Crippen molar-refractivity contribution in [3.8, 4) is 0 Å². The first kappa shape index (κ1) is 14.8. The first-order valence-electron chi connectivity index (χ1n) is 6.50. The molecule has 0 spiro atoms. The highest BCUT2D eigenvalue weighted by Gasteiger charge is 2.11. The van der Waals surface area contributed by atoms with Crippen molar-refractivity contribution in [2.45, 2.75) is 52.6 Å². The van der Waals surface area contributed by atoms with E-state index < -0.39 is 5.97 Å². The lowest BCUT2D eigenvalue weighted by molar-refractivity contribution is -0.141. The van der Waals surface area contributed by atoms with Gasteiger partial charge in [-0.25, -0.2) is 0 Å². The minimum absolute atomic E-state index is 0.245. The van der Waals surface area contributed by atoms with Crippen molar-refractivity contribution >= 4 is 5.97 Å². The van der Waals surface area contributed by atoms with Crippen molar-refractivity contribution < 1.29 is 14.3 Å². The zero-order chi connectivity index (χ0) is 13.5. The molecule has 2 unspecified atom stereocenters. The number of aliphatic carboxylic acids is 1. The smallest absolute Gasteiger partial charge is 0.306 e. The molecule has 0 amide bonds. The molecule has 2 N–H and O–H groups in total. The maximum absolute atomic E-state index is 10.7. The number of hydrogen-bond donors (Lipinski definition) is 2. The quantitative estimate of drug-likeness (QED) is 0.747. The molecule has 102 valence electrons. The van der Waals surface area contributed by atoms with Gasteiger partial charge in [0.2, 0.25) is 0 Å². The van der Waals surface area contributed by atoms with Crippen molar-refractivity contribution in [3.05, 3.63) is 23.7 Å². The summed E-state index contributed by atoms with van der Waals surface area (Å²) in [6.45, 7) is 6.52. The SMILES string of the molecule is Cc1ccc(CNC(C)CCCC(C)C(=O)O)o1. The van der Waals surface area contributed by atoms with Crippen LogP contribution in [0.3, 0.4) is 0 Å². The summed E-state index contributed by atoms with van der Waals surface area (Å²) in [5.74, 6) is 0.916. The van der Waals surface area contributed by atoms with E-state index in [1.807, 2.05) is 19.1 Å². The second kappa shape index (κ2) is 7.21. The van der Waals surface area contributed by atoms with E-state index in [1.54, 1.807) is 6.92 Å². The fourth-order valence-corrected chi connectivity index (χ4v) is 1.81. The van der Waals surface area contributed by atoms with E-state index in [0.29, 0.717) is 6.04 Å². The molecular formula is C14H23NO3. The fourth-order valence-electron chi connectivity index (χ4n) is 1.81. The van der Waals surface area contributed by atoms with Gasteiger partial charge in [0.1, 0.15) is 11.5 Å². The Morgan fingerprint density at radius 3 is 2.67 bits per heavy atom. The number of nitrogens with one attached hydrogen (secondary N) is 1. The molecule has 1 aromatic heterocycles. The summed E-state index contributed by atoms with van der Waals surface area (Å²) in [7, 11) is 0. The van der Waals surface area contributed by atoms with Crippen molar-refractivity contribution in [2.75, 3.05) is 0 Å². The van der Waals surface area contributed by atoms with E-state index >= 15 is 0 Å². The Balaban J connectivity index is 2.14. The number of rotatable bonds is 8. The first-order chi connectivity index (χ1) is 8.49. The van der Waals surface area contributed by atoms with Crippen LogP contribution in [0.4, 0.5) is 0 Å². The molecule has 0 aromatic carbocycles. The van der Waals surface area contributed by atoms with Crippen LogP contribution in [-0.4, -0.2) is 17.1 Å². The van der Waals surface area contributed by atoms with Crippen molar-refractivity contribution in [2.24, 2.45) is 5.92 Å². The summed E-state index contributed by atoms with van der Waals surface area (Å²) in [6, 6.07) is 4.30. The minimum Gasteiger partial charge on any atom is -0.481 e. The summed E-state index contributed by atoms with van der Waals surface area (Å²) >= 11 is 0. The number of carboxylic acids is 1. The molecule has 0 bridgehead atoms. The molecular weight excluding hydrogens is 230 g/mol. The van der Waals surface area contributed by atoms with Crippen molar-refractivity contribution in [3.63, 3.8) is 0 Å². The van der Waals surface area contributed by atoms with Crippen LogP contribution in [0, 0.1) is 12.8 Å². The maximum Gasteiger partial charge on any atom is 0.306 e. The lowest BCUT2D eigenvalue weighted by atomic mass is 10.0. The molecule has 1 aromatic rings. The van der Waals surface area contributed by atoms with Crippen LogP contribution in [0.25, 0.3) is 0 Å². The van der Waals surface area contributed by atoms with E-state index in [4.69, 9.17) is 9.52 Å². The molecule has 0 fully saturated rings. The van der Waals surface area contributed by atoms with E-state index in [9.17, 15) is 4.79 Å². The van der Waals surface area contributed by atoms with Crippen LogP contribution in [0.5, 0.6) is 0 Å². The van der Waals surface area contributed by atoms with Crippen molar-refractivity contribution in [1.82, 2.24) is 5.32 Å². The largest absolute Gasteiger partial charge is 0.481 e. The third kappa shape index (κ3) is 5.36. The second-order valence-electron chi connectivity index (χ2n) is 4.96. The third-order valence-corrected chi connectivity index (χ3v) is 3.12. The molecule has 0 radical (unpaired) electrons. The Morgan fingerprint density at radius 1 is 1.39 bits per heavy atom. The normalized spacial score (nSPS) is 14.4. The Morgan fingerprint density at radius 2 is 2.11 bits per heavy atom. The number of carbonyl (C=O) groups is 1. The molecule has 0 saturated carbocycles. The molecule has 0 aliphatic carbocycles. The van der Waals surface area contributed by atoms with Gasteiger partial charge in [0.15, 0.2) is 0 Å². The Kier molecular flexibility index (Phi) is 5.92.